The molecule has 12 heteroatoms. The molecule has 0 atom stereocenters. The maximum absolute atomic E-state index is 13.5. The Labute approximate surface area is 235 Å². The number of nitrogens with one attached hydrogen (secondary N) is 1. The standard InChI is InChI=1S/C28H28N4O6S2/c1-3-18-4-9-21(10-5-18)30-25(33)17-39-28-31-24-16-20(27(35)38-2)8-13-23(24)26(34)32(28)15-14-19-6-11-22(12-7-19)40(29,36)37/h4-13,16H,3,14-15,17H2,1-2H3,(H,30,33)(H2,29,36,37). The maximum atomic E-state index is 13.5. The van der Waals surface area contributed by atoms with Gasteiger partial charge in [0, 0.05) is 12.2 Å². The molecular formula is C28H28N4O6S2. The highest BCUT2D eigenvalue weighted by molar-refractivity contribution is 7.99. The molecule has 3 aromatic carbocycles. The number of nitrogens with zero attached hydrogens (tertiary/aromatic N) is 2. The minimum atomic E-state index is -3.82. The number of carbonyl (C=O) groups excluding carboxylic acids is 2. The molecule has 0 bridgehead atoms. The van der Waals surface area contributed by atoms with E-state index in [1.54, 1.807) is 12.1 Å². The van der Waals surface area contributed by atoms with Crippen LogP contribution in [-0.2, 0) is 38.9 Å². The topological polar surface area (TPSA) is 150 Å². The van der Waals surface area contributed by atoms with Gasteiger partial charge in [-0.3, -0.25) is 14.2 Å². The lowest BCUT2D eigenvalue weighted by molar-refractivity contribution is -0.113. The molecule has 0 unspecified atom stereocenters. The van der Waals surface area contributed by atoms with Gasteiger partial charge in [0.1, 0.15) is 0 Å². The van der Waals surface area contributed by atoms with Crippen molar-refractivity contribution in [1.82, 2.24) is 9.55 Å². The number of anilines is 1. The predicted octanol–water partition coefficient (Wildman–Crippen LogP) is 3.37. The van der Waals surface area contributed by atoms with Crippen molar-refractivity contribution in [2.75, 3.05) is 18.2 Å². The molecule has 0 saturated carbocycles. The quantitative estimate of drug-likeness (QED) is 0.165. The molecular weight excluding hydrogens is 552 g/mol. The van der Waals surface area contributed by atoms with Crippen molar-refractivity contribution < 1.29 is 22.7 Å². The van der Waals surface area contributed by atoms with Crippen LogP contribution in [0.15, 0.2) is 81.6 Å². The predicted molar refractivity (Wildman–Crippen MR) is 154 cm³/mol. The number of fused-ring (bicyclic) bond motifs is 1. The van der Waals surface area contributed by atoms with Crippen LogP contribution in [0.5, 0.6) is 0 Å². The molecule has 208 valence electrons. The summed E-state index contributed by atoms with van der Waals surface area (Å²) in [5.74, 6) is -0.830. The number of hydrogen-bond acceptors (Lipinski definition) is 8. The highest BCUT2D eigenvalue weighted by Crippen LogP contribution is 2.21. The van der Waals surface area contributed by atoms with Gasteiger partial charge in [0.25, 0.3) is 5.56 Å². The summed E-state index contributed by atoms with van der Waals surface area (Å²) < 4.78 is 29.4. The summed E-state index contributed by atoms with van der Waals surface area (Å²) in [6.07, 6.45) is 1.28. The van der Waals surface area contributed by atoms with Crippen molar-refractivity contribution in [3.63, 3.8) is 0 Å². The van der Waals surface area contributed by atoms with Crippen LogP contribution in [0, 0.1) is 0 Å². The number of aryl methyl sites for hydroxylation is 2. The smallest absolute Gasteiger partial charge is 0.337 e. The van der Waals surface area contributed by atoms with Crippen molar-refractivity contribution in [2.45, 2.75) is 36.4 Å². The fourth-order valence-corrected chi connectivity index (χ4v) is 5.33. The number of rotatable bonds is 10. The van der Waals surface area contributed by atoms with Gasteiger partial charge in [-0.2, -0.15) is 0 Å². The third kappa shape index (κ3) is 6.95. The average molecular weight is 581 g/mol. The minimum Gasteiger partial charge on any atom is -0.465 e. The molecule has 0 spiro atoms. The van der Waals surface area contributed by atoms with E-state index in [-0.39, 0.29) is 34.2 Å². The summed E-state index contributed by atoms with van der Waals surface area (Å²) in [6.45, 7) is 2.27. The number of methoxy groups -OCH3 is 1. The van der Waals surface area contributed by atoms with Crippen LogP contribution in [0.2, 0.25) is 0 Å². The van der Waals surface area contributed by atoms with E-state index in [2.05, 4.69) is 10.3 Å². The maximum Gasteiger partial charge on any atom is 0.337 e. The van der Waals surface area contributed by atoms with Crippen LogP contribution in [0.25, 0.3) is 10.9 Å². The normalized spacial score (nSPS) is 11.4. The van der Waals surface area contributed by atoms with Gasteiger partial charge in [-0.05, 0) is 66.4 Å². The Morgan fingerprint density at radius 2 is 1.70 bits per heavy atom. The van der Waals surface area contributed by atoms with E-state index in [0.29, 0.717) is 28.2 Å². The van der Waals surface area contributed by atoms with E-state index in [9.17, 15) is 22.8 Å². The molecule has 4 aromatic rings. The Morgan fingerprint density at radius 1 is 1.02 bits per heavy atom. The van der Waals surface area contributed by atoms with Gasteiger partial charge in [-0.25, -0.2) is 23.3 Å². The Bertz CT molecular complexity index is 1720. The van der Waals surface area contributed by atoms with Crippen LogP contribution in [0.3, 0.4) is 0 Å². The molecule has 1 aromatic heterocycles. The van der Waals surface area contributed by atoms with Crippen molar-refractivity contribution in [1.29, 1.82) is 0 Å². The molecule has 0 aliphatic rings. The molecule has 1 amide bonds. The number of carbonyl (C=O) groups is 2. The van der Waals surface area contributed by atoms with Crippen LogP contribution in [-0.4, -0.2) is 42.7 Å². The van der Waals surface area contributed by atoms with Crippen LogP contribution in [0.4, 0.5) is 5.69 Å². The van der Waals surface area contributed by atoms with Crippen molar-refractivity contribution in [3.05, 3.63) is 93.8 Å². The number of benzene rings is 3. The number of ether oxygens (including phenoxy) is 1. The first-order valence-electron chi connectivity index (χ1n) is 12.3. The Morgan fingerprint density at radius 3 is 2.33 bits per heavy atom. The monoisotopic (exact) mass is 580 g/mol. The Kier molecular flexibility index (Phi) is 9.03. The highest BCUT2D eigenvalue weighted by atomic mass is 32.2. The summed E-state index contributed by atoms with van der Waals surface area (Å²) >= 11 is 1.10. The van der Waals surface area contributed by atoms with Gasteiger partial charge in [-0.1, -0.05) is 43.0 Å². The van der Waals surface area contributed by atoms with Gasteiger partial charge in [-0.15, -0.1) is 0 Å². The molecule has 3 N–H and O–H groups in total. The molecule has 0 saturated heterocycles. The average Bonchev–Trinajstić information content (AvgIpc) is 2.95. The third-order valence-electron chi connectivity index (χ3n) is 6.20. The minimum absolute atomic E-state index is 0.00575. The first kappa shape index (κ1) is 29.0. The van der Waals surface area contributed by atoms with Crippen molar-refractivity contribution in [2.24, 2.45) is 5.14 Å². The third-order valence-corrected chi connectivity index (χ3v) is 8.10. The Balaban J connectivity index is 1.61. The number of primary sulfonamides is 1. The van der Waals surface area contributed by atoms with Gasteiger partial charge in [0.15, 0.2) is 5.16 Å². The van der Waals surface area contributed by atoms with Gasteiger partial charge >= 0.3 is 5.97 Å². The number of aromatic nitrogens is 2. The number of hydrogen-bond donors (Lipinski definition) is 2. The first-order chi connectivity index (χ1) is 19.1. The fourth-order valence-electron chi connectivity index (χ4n) is 3.99. The summed E-state index contributed by atoms with van der Waals surface area (Å²) in [5.41, 5.74) is 2.82. The molecule has 10 nitrogen and oxygen atoms in total. The molecule has 40 heavy (non-hydrogen) atoms. The zero-order chi connectivity index (χ0) is 28.9. The summed E-state index contributed by atoms with van der Waals surface area (Å²) in [5, 5.41) is 8.63. The van der Waals surface area contributed by atoms with Gasteiger partial charge in [0.2, 0.25) is 15.9 Å². The number of sulfonamides is 1. The van der Waals surface area contributed by atoms with Crippen LogP contribution in [0.1, 0.15) is 28.4 Å². The summed E-state index contributed by atoms with van der Waals surface area (Å²) in [4.78, 5) is 42.8. The zero-order valence-corrected chi connectivity index (χ0v) is 23.6. The zero-order valence-electron chi connectivity index (χ0n) is 21.9. The Hall–Kier alpha value is -4.00. The molecule has 4 rings (SSSR count). The van der Waals surface area contributed by atoms with E-state index in [0.717, 1.165) is 29.3 Å². The van der Waals surface area contributed by atoms with E-state index in [1.807, 2.05) is 31.2 Å². The largest absolute Gasteiger partial charge is 0.465 e. The number of thioether (sulfide) groups is 1. The van der Waals surface area contributed by atoms with Gasteiger partial charge < -0.3 is 10.1 Å². The SMILES string of the molecule is CCc1ccc(NC(=O)CSc2nc3cc(C(=O)OC)ccc3c(=O)n2CCc2ccc(S(N)(=O)=O)cc2)cc1. The van der Waals surface area contributed by atoms with Crippen LogP contribution < -0.4 is 16.0 Å². The molecule has 0 radical (unpaired) electrons. The fraction of sp³-hybridized carbons (Fsp3) is 0.214. The van der Waals surface area contributed by atoms with Crippen LogP contribution >= 0.6 is 11.8 Å². The second kappa shape index (κ2) is 12.5. The molecule has 1 heterocycles. The second-order valence-electron chi connectivity index (χ2n) is 8.90. The van der Waals surface area contributed by atoms with E-state index in [1.165, 1.54) is 42.0 Å². The highest BCUT2D eigenvalue weighted by Gasteiger charge is 2.16. The van der Waals surface area contributed by atoms with E-state index >= 15 is 0 Å². The molecule has 0 aliphatic heterocycles. The van der Waals surface area contributed by atoms with Crippen molar-refractivity contribution in [3.8, 4) is 0 Å². The van der Waals surface area contributed by atoms with E-state index in [4.69, 9.17) is 9.88 Å². The van der Waals surface area contributed by atoms with Gasteiger partial charge in [0.05, 0.1) is 34.2 Å². The molecule has 0 aliphatic carbocycles. The number of amides is 1. The lowest BCUT2D eigenvalue weighted by atomic mass is 10.1. The number of esters is 1. The lowest BCUT2D eigenvalue weighted by Crippen LogP contribution is -2.25. The summed E-state index contributed by atoms with van der Waals surface area (Å²) in [6, 6.07) is 18.1. The number of nitrogens with two attached hydrogens (primary N) is 1. The summed E-state index contributed by atoms with van der Waals surface area (Å²) in [7, 11) is -2.55. The van der Waals surface area contributed by atoms with Crippen molar-refractivity contribution >= 4 is 50.3 Å². The first-order valence-corrected chi connectivity index (χ1v) is 14.9. The molecule has 0 fully saturated rings. The van der Waals surface area contributed by atoms with E-state index < -0.39 is 16.0 Å². The lowest BCUT2D eigenvalue weighted by Gasteiger charge is -2.14. The second-order valence-corrected chi connectivity index (χ2v) is 11.4.